The Morgan fingerprint density at radius 3 is 2.45 bits per heavy atom. The summed E-state index contributed by atoms with van der Waals surface area (Å²) < 4.78 is 5.58. The fourth-order valence-corrected chi connectivity index (χ4v) is 2.68. The maximum Gasteiger partial charge on any atom is 0.119 e. The monoisotopic (exact) mass is 287 g/mol. The minimum Gasteiger partial charge on any atom is -0.494 e. The molecule has 2 nitrogen and oxygen atoms in total. The van der Waals surface area contributed by atoms with Gasteiger partial charge in [-0.2, -0.15) is 0 Å². The minimum atomic E-state index is 0.186. The predicted octanol–water partition coefficient (Wildman–Crippen LogP) is 4.12. The molecule has 2 aromatic carbocycles. The van der Waals surface area contributed by atoms with E-state index in [-0.39, 0.29) is 6.04 Å². The number of thioether (sulfide) groups is 1. The van der Waals surface area contributed by atoms with Gasteiger partial charge in [0.05, 0.1) is 12.6 Å². The summed E-state index contributed by atoms with van der Waals surface area (Å²) in [7, 11) is 1.99. The number of ether oxygens (including phenoxy) is 1. The molecular formula is C17H21NOS. The Hall–Kier alpha value is -1.45. The standard InChI is InChI=1S/C17H21NOS/c1-4-19-15-7-5-6-14(12-15)17(18-2)13-8-10-16(20-3)11-9-13/h5-12,17-18H,4H2,1-3H3. The van der Waals surface area contributed by atoms with Crippen LogP contribution in [-0.2, 0) is 0 Å². The SMILES string of the molecule is CCOc1cccc(C(NC)c2ccc(SC)cc2)c1. The Bertz CT molecular complexity index is 539. The van der Waals surface area contributed by atoms with E-state index in [0.717, 1.165) is 5.75 Å². The van der Waals surface area contributed by atoms with E-state index >= 15 is 0 Å². The van der Waals surface area contributed by atoms with Crippen molar-refractivity contribution in [2.45, 2.75) is 17.9 Å². The van der Waals surface area contributed by atoms with Crippen LogP contribution >= 0.6 is 11.8 Å². The first-order chi connectivity index (χ1) is 9.78. The van der Waals surface area contributed by atoms with E-state index in [1.807, 2.05) is 26.1 Å². The number of hydrogen-bond acceptors (Lipinski definition) is 3. The van der Waals surface area contributed by atoms with Gasteiger partial charge in [-0.3, -0.25) is 0 Å². The molecule has 2 rings (SSSR count). The van der Waals surface area contributed by atoms with E-state index in [2.05, 4.69) is 48.0 Å². The molecule has 0 radical (unpaired) electrons. The normalized spacial score (nSPS) is 12.2. The first-order valence-electron chi connectivity index (χ1n) is 6.82. The molecule has 1 N–H and O–H groups in total. The van der Waals surface area contributed by atoms with Gasteiger partial charge in [-0.15, -0.1) is 11.8 Å². The van der Waals surface area contributed by atoms with Crippen molar-refractivity contribution in [3.8, 4) is 5.75 Å². The Labute approximate surface area is 125 Å². The molecule has 0 fully saturated rings. The molecule has 3 heteroatoms. The maximum atomic E-state index is 5.58. The number of nitrogens with one attached hydrogen (secondary N) is 1. The lowest BCUT2D eigenvalue weighted by molar-refractivity contribution is 0.339. The second-order valence-corrected chi connectivity index (χ2v) is 5.38. The smallest absolute Gasteiger partial charge is 0.119 e. The highest BCUT2D eigenvalue weighted by atomic mass is 32.2. The second-order valence-electron chi connectivity index (χ2n) is 4.50. The molecule has 0 saturated heterocycles. The molecule has 0 bridgehead atoms. The van der Waals surface area contributed by atoms with E-state index in [1.54, 1.807) is 11.8 Å². The minimum absolute atomic E-state index is 0.186. The average molecular weight is 287 g/mol. The molecule has 0 aliphatic rings. The van der Waals surface area contributed by atoms with Gasteiger partial charge in [-0.05, 0) is 55.6 Å². The summed E-state index contributed by atoms with van der Waals surface area (Å²) in [4.78, 5) is 1.28. The maximum absolute atomic E-state index is 5.58. The van der Waals surface area contributed by atoms with Crippen molar-refractivity contribution < 1.29 is 4.74 Å². The molecule has 0 aliphatic heterocycles. The average Bonchev–Trinajstić information content (AvgIpc) is 2.49. The summed E-state index contributed by atoms with van der Waals surface area (Å²) in [5.41, 5.74) is 2.48. The van der Waals surface area contributed by atoms with Crippen LogP contribution in [0.4, 0.5) is 0 Å². The lowest BCUT2D eigenvalue weighted by atomic mass is 9.99. The van der Waals surface area contributed by atoms with Gasteiger partial charge in [0.2, 0.25) is 0 Å². The first-order valence-corrected chi connectivity index (χ1v) is 8.05. The van der Waals surface area contributed by atoms with Crippen LogP contribution in [0.5, 0.6) is 5.75 Å². The summed E-state index contributed by atoms with van der Waals surface area (Å²) in [6, 6.07) is 17.1. The number of benzene rings is 2. The lowest BCUT2D eigenvalue weighted by Gasteiger charge is -2.18. The van der Waals surface area contributed by atoms with E-state index in [0.29, 0.717) is 6.61 Å². The van der Waals surface area contributed by atoms with Crippen molar-refractivity contribution in [1.82, 2.24) is 5.32 Å². The van der Waals surface area contributed by atoms with Crippen LogP contribution in [0.3, 0.4) is 0 Å². The Morgan fingerprint density at radius 2 is 1.85 bits per heavy atom. The lowest BCUT2D eigenvalue weighted by Crippen LogP contribution is -2.17. The number of rotatable bonds is 6. The topological polar surface area (TPSA) is 21.3 Å². The van der Waals surface area contributed by atoms with Gasteiger partial charge in [-0.25, -0.2) is 0 Å². The van der Waals surface area contributed by atoms with Gasteiger partial charge in [0.15, 0.2) is 0 Å². The zero-order valence-electron chi connectivity index (χ0n) is 12.2. The summed E-state index contributed by atoms with van der Waals surface area (Å²) in [5.74, 6) is 0.922. The summed E-state index contributed by atoms with van der Waals surface area (Å²) in [6.45, 7) is 2.69. The van der Waals surface area contributed by atoms with Crippen molar-refractivity contribution >= 4 is 11.8 Å². The van der Waals surface area contributed by atoms with Gasteiger partial charge in [0.25, 0.3) is 0 Å². The fourth-order valence-electron chi connectivity index (χ4n) is 2.27. The molecule has 0 saturated carbocycles. The third kappa shape index (κ3) is 3.56. The largest absolute Gasteiger partial charge is 0.494 e. The van der Waals surface area contributed by atoms with E-state index < -0.39 is 0 Å². The Kier molecular flexibility index (Phi) is 5.50. The fraction of sp³-hybridized carbons (Fsp3) is 0.294. The van der Waals surface area contributed by atoms with Crippen molar-refractivity contribution in [1.29, 1.82) is 0 Å². The zero-order chi connectivity index (χ0) is 14.4. The van der Waals surface area contributed by atoms with Crippen LogP contribution < -0.4 is 10.1 Å². The molecule has 106 valence electrons. The molecule has 0 aliphatic carbocycles. The van der Waals surface area contributed by atoms with Gasteiger partial charge >= 0.3 is 0 Å². The Morgan fingerprint density at radius 1 is 1.10 bits per heavy atom. The van der Waals surface area contributed by atoms with E-state index in [4.69, 9.17) is 4.74 Å². The van der Waals surface area contributed by atoms with E-state index in [1.165, 1.54) is 16.0 Å². The molecule has 20 heavy (non-hydrogen) atoms. The highest BCUT2D eigenvalue weighted by Crippen LogP contribution is 2.26. The van der Waals surface area contributed by atoms with Crippen LogP contribution in [0.25, 0.3) is 0 Å². The molecule has 0 aromatic heterocycles. The quantitative estimate of drug-likeness (QED) is 0.808. The molecule has 1 unspecified atom stereocenters. The summed E-state index contributed by atoms with van der Waals surface area (Å²) in [6.07, 6.45) is 2.09. The molecule has 0 amide bonds. The predicted molar refractivity (Wildman–Crippen MR) is 86.7 cm³/mol. The van der Waals surface area contributed by atoms with Crippen molar-refractivity contribution in [3.63, 3.8) is 0 Å². The molecule has 1 atom stereocenters. The van der Waals surface area contributed by atoms with Crippen molar-refractivity contribution in [2.75, 3.05) is 19.9 Å². The van der Waals surface area contributed by atoms with E-state index in [9.17, 15) is 0 Å². The summed E-state index contributed by atoms with van der Waals surface area (Å²) in [5, 5.41) is 3.38. The summed E-state index contributed by atoms with van der Waals surface area (Å²) >= 11 is 1.76. The zero-order valence-corrected chi connectivity index (χ0v) is 13.0. The van der Waals surface area contributed by atoms with Crippen LogP contribution in [0.2, 0.25) is 0 Å². The van der Waals surface area contributed by atoms with Crippen LogP contribution in [0.15, 0.2) is 53.4 Å². The highest BCUT2D eigenvalue weighted by Gasteiger charge is 2.12. The van der Waals surface area contributed by atoms with Crippen molar-refractivity contribution in [3.05, 3.63) is 59.7 Å². The molecule has 0 spiro atoms. The molecule has 2 aromatic rings. The number of hydrogen-bond donors (Lipinski definition) is 1. The van der Waals surface area contributed by atoms with Crippen LogP contribution in [0.1, 0.15) is 24.1 Å². The van der Waals surface area contributed by atoms with Crippen LogP contribution in [-0.4, -0.2) is 19.9 Å². The third-order valence-electron chi connectivity index (χ3n) is 3.24. The molecular weight excluding hydrogens is 266 g/mol. The van der Waals surface area contributed by atoms with Gasteiger partial charge in [-0.1, -0.05) is 24.3 Å². The third-order valence-corrected chi connectivity index (χ3v) is 3.98. The second kappa shape index (κ2) is 7.36. The van der Waals surface area contributed by atoms with Gasteiger partial charge in [0, 0.05) is 4.90 Å². The van der Waals surface area contributed by atoms with Gasteiger partial charge in [0.1, 0.15) is 5.75 Å². The highest BCUT2D eigenvalue weighted by molar-refractivity contribution is 7.98. The molecule has 0 heterocycles. The van der Waals surface area contributed by atoms with Crippen LogP contribution in [0, 0.1) is 0 Å². The Balaban J connectivity index is 2.28. The van der Waals surface area contributed by atoms with Gasteiger partial charge < -0.3 is 10.1 Å². The van der Waals surface area contributed by atoms with Crippen molar-refractivity contribution in [2.24, 2.45) is 0 Å². The first kappa shape index (κ1) is 14.9.